The summed E-state index contributed by atoms with van der Waals surface area (Å²) in [6.07, 6.45) is 16.5. The molecule has 0 aliphatic heterocycles. The van der Waals surface area contributed by atoms with Gasteiger partial charge in [-0.25, -0.2) is 0 Å². The van der Waals surface area contributed by atoms with E-state index >= 15 is 0 Å². The van der Waals surface area contributed by atoms with E-state index in [0.717, 1.165) is 48.9 Å². The summed E-state index contributed by atoms with van der Waals surface area (Å²) in [6.45, 7) is 19.2. The summed E-state index contributed by atoms with van der Waals surface area (Å²) in [5.74, 6) is 4.38. The van der Waals surface area contributed by atoms with E-state index in [4.69, 9.17) is 0 Å². The topological polar surface area (TPSA) is 20.2 Å². The van der Waals surface area contributed by atoms with Crippen LogP contribution in [0.2, 0.25) is 0 Å². The molecule has 1 nitrogen and oxygen atoms in total. The van der Waals surface area contributed by atoms with E-state index in [9.17, 15) is 5.11 Å². The molecule has 0 saturated heterocycles. The lowest BCUT2D eigenvalue weighted by Crippen LogP contribution is -2.50. The average Bonchev–Trinajstić information content (AvgIpc) is 3.09. The van der Waals surface area contributed by atoms with Crippen molar-refractivity contribution in [2.24, 2.45) is 45.8 Å². The molecule has 0 aromatic rings. The monoisotopic (exact) mass is 426 g/mol. The minimum atomic E-state index is -0.0884. The SMILES string of the molecule is C=C(CC)C(C)(C)CC[C@@H](C)[C@H]1CC[C@H]2[C@@H]3CC=C4C[C@@H](O)CC[C@]4(C)[C@H]3CC[C@]12C. The third-order valence-corrected chi connectivity index (χ3v) is 11.4. The molecule has 1 heteroatoms. The van der Waals surface area contributed by atoms with Crippen LogP contribution in [0.15, 0.2) is 23.8 Å². The Morgan fingerprint density at radius 3 is 2.61 bits per heavy atom. The number of aliphatic hydroxyl groups is 1. The number of allylic oxidation sites excluding steroid dienone is 2. The molecule has 4 rings (SSSR count). The van der Waals surface area contributed by atoms with Crippen LogP contribution in [0.25, 0.3) is 0 Å². The van der Waals surface area contributed by atoms with Crippen LogP contribution in [0.5, 0.6) is 0 Å². The lowest BCUT2D eigenvalue weighted by Gasteiger charge is -2.58. The third-order valence-electron chi connectivity index (χ3n) is 11.4. The van der Waals surface area contributed by atoms with Crippen molar-refractivity contribution in [3.63, 3.8) is 0 Å². The van der Waals surface area contributed by atoms with Crippen LogP contribution in [-0.2, 0) is 0 Å². The van der Waals surface area contributed by atoms with Crippen molar-refractivity contribution in [3.8, 4) is 0 Å². The Morgan fingerprint density at radius 1 is 1.16 bits per heavy atom. The quantitative estimate of drug-likeness (QED) is 0.423. The van der Waals surface area contributed by atoms with Gasteiger partial charge in [0.2, 0.25) is 0 Å². The van der Waals surface area contributed by atoms with E-state index in [0.29, 0.717) is 10.8 Å². The maximum absolute atomic E-state index is 10.3. The van der Waals surface area contributed by atoms with Crippen LogP contribution < -0.4 is 0 Å². The first-order chi connectivity index (χ1) is 14.5. The predicted molar refractivity (Wildman–Crippen MR) is 133 cm³/mol. The van der Waals surface area contributed by atoms with Crippen LogP contribution in [0.1, 0.15) is 112 Å². The smallest absolute Gasteiger partial charge is 0.0577 e. The lowest BCUT2D eigenvalue weighted by atomic mass is 9.47. The highest BCUT2D eigenvalue weighted by Crippen LogP contribution is 2.67. The molecule has 8 atom stereocenters. The lowest BCUT2D eigenvalue weighted by molar-refractivity contribution is -0.0575. The van der Waals surface area contributed by atoms with Gasteiger partial charge in [0, 0.05) is 0 Å². The Bertz CT molecular complexity index is 716. The van der Waals surface area contributed by atoms with Crippen molar-refractivity contribution in [1.29, 1.82) is 0 Å². The number of hydrogen-bond acceptors (Lipinski definition) is 1. The van der Waals surface area contributed by atoms with E-state index in [1.807, 2.05) is 0 Å². The molecule has 3 fully saturated rings. The summed E-state index contributed by atoms with van der Waals surface area (Å²) < 4.78 is 0. The summed E-state index contributed by atoms with van der Waals surface area (Å²) >= 11 is 0. The van der Waals surface area contributed by atoms with Gasteiger partial charge >= 0.3 is 0 Å². The van der Waals surface area contributed by atoms with Crippen molar-refractivity contribution < 1.29 is 5.11 Å². The van der Waals surface area contributed by atoms with Crippen molar-refractivity contribution in [2.45, 2.75) is 118 Å². The maximum Gasteiger partial charge on any atom is 0.0577 e. The number of aliphatic hydroxyl groups excluding tert-OH is 1. The Hall–Kier alpha value is -0.560. The summed E-state index contributed by atoms with van der Waals surface area (Å²) in [5.41, 5.74) is 4.23. The van der Waals surface area contributed by atoms with Crippen molar-refractivity contribution in [2.75, 3.05) is 0 Å². The van der Waals surface area contributed by atoms with Gasteiger partial charge in [-0.15, -0.1) is 0 Å². The van der Waals surface area contributed by atoms with E-state index in [-0.39, 0.29) is 11.5 Å². The van der Waals surface area contributed by atoms with Gasteiger partial charge in [-0.1, -0.05) is 65.3 Å². The molecule has 176 valence electrons. The molecule has 0 aromatic heterocycles. The zero-order valence-electron chi connectivity index (χ0n) is 21.5. The van der Waals surface area contributed by atoms with Crippen molar-refractivity contribution in [1.82, 2.24) is 0 Å². The molecule has 0 heterocycles. The second-order valence-corrected chi connectivity index (χ2v) is 13.2. The van der Waals surface area contributed by atoms with E-state index < -0.39 is 0 Å². The Morgan fingerprint density at radius 2 is 1.90 bits per heavy atom. The van der Waals surface area contributed by atoms with E-state index in [2.05, 4.69) is 54.2 Å². The van der Waals surface area contributed by atoms with Crippen molar-refractivity contribution in [3.05, 3.63) is 23.8 Å². The zero-order valence-corrected chi connectivity index (χ0v) is 21.5. The highest BCUT2D eigenvalue weighted by atomic mass is 16.3. The summed E-state index contributed by atoms with van der Waals surface area (Å²) in [7, 11) is 0. The fourth-order valence-electron chi connectivity index (χ4n) is 9.06. The molecule has 0 aromatic carbocycles. The first kappa shape index (κ1) is 23.6. The summed E-state index contributed by atoms with van der Waals surface area (Å²) in [5, 5.41) is 10.3. The van der Waals surface area contributed by atoms with Gasteiger partial charge in [0.1, 0.15) is 0 Å². The average molecular weight is 427 g/mol. The van der Waals surface area contributed by atoms with Gasteiger partial charge in [0.05, 0.1) is 6.10 Å². The fourth-order valence-corrected chi connectivity index (χ4v) is 9.06. The highest BCUT2D eigenvalue weighted by Gasteiger charge is 2.59. The number of hydrogen-bond donors (Lipinski definition) is 1. The second kappa shape index (κ2) is 8.34. The van der Waals surface area contributed by atoms with Gasteiger partial charge in [-0.05, 0) is 116 Å². The van der Waals surface area contributed by atoms with Gasteiger partial charge in [0.15, 0.2) is 0 Å². The first-order valence-corrected chi connectivity index (χ1v) is 13.6. The molecule has 0 spiro atoms. The molecule has 4 aliphatic rings. The molecule has 4 aliphatic carbocycles. The zero-order chi connectivity index (χ0) is 22.6. The second-order valence-electron chi connectivity index (χ2n) is 13.2. The first-order valence-electron chi connectivity index (χ1n) is 13.6. The number of rotatable bonds is 6. The number of fused-ring (bicyclic) bond motifs is 5. The molecule has 3 saturated carbocycles. The van der Waals surface area contributed by atoms with Gasteiger partial charge < -0.3 is 5.11 Å². The van der Waals surface area contributed by atoms with Crippen LogP contribution in [0.4, 0.5) is 0 Å². The van der Waals surface area contributed by atoms with Gasteiger partial charge in [-0.2, -0.15) is 0 Å². The highest BCUT2D eigenvalue weighted by molar-refractivity contribution is 5.25. The molecule has 0 unspecified atom stereocenters. The predicted octanol–water partition coefficient (Wildman–Crippen LogP) is 8.34. The Kier molecular flexibility index (Phi) is 6.35. The van der Waals surface area contributed by atoms with Crippen molar-refractivity contribution >= 4 is 0 Å². The van der Waals surface area contributed by atoms with E-state index in [1.165, 1.54) is 56.9 Å². The standard InChI is InChI=1S/C30H50O/c1-8-21(3)28(4,5)16-13-20(2)25-11-12-26-24-10-9-22-19-23(31)14-17-29(22,6)27(24)15-18-30(25,26)7/h9,20,23-27,31H,3,8,10-19H2,1-2,4-7H3/t20-,23+,24+,25-,26+,27+,29+,30-/m1/s1. The molecular formula is C30H50O. The molecule has 0 bridgehead atoms. The van der Waals surface area contributed by atoms with Crippen LogP contribution in [0.3, 0.4) is 0 Å². The minimum absolute atomic E-state index is 0.0884. The third kappa shape index (κ3) is 3.89. The normalized spacial score (nSPS) is 43.5. The van der Waals surface area contributed by atoms with Crippen LogP contribution >= 0.6 is 0 Å². The van der Waals surface area contributed by atoms with Gasteiger partial charge in [-0.3, -0.25) is 0 Å². The summed E-state index contributed by atoms with van der Waals surface area (Å²) in [6, 6.07) is 0. The maximum atomic E-state index is 10.3. The molecule has 1 N–H and O–H groups in total. The minimum Gasteiger partial charge on any atom is -0.393 e. The fraction of sp³-hybridized carbons (Fsp3) is 0.867. The summed E-state index contributed by atoms with van der Waals surface area (Å²) in [4.78, 5) is 0. The molecular weight excluding hydrogens is 376 g/mol. The largest absolute Gasteiger partial charge is 0.393 e. The molecule has 31 heavy (non-hydrogen) atoms. The van der Waals surface area contributed by atoms with Gasteiger partial charge in [0.25, 0.3) is 0 Å². The van der Waals surface area contributed by atoms with E-state index in [1.54, 1.807) is 5.57 Å². The molecule has 0 radical (unpaired) electrons. The van der Waals surface area contributed by atoms with Crippen LogP contribution in [-0.4, -0.2) is 11.2 Å². The Labute approximate surface area is 193 Å². The van der Waals surface area contributed by atoms with Crippen LogP contribution in [0, 0.1) is 45.8 Å². The molecule has 0 amide bonds. The Balaban J connectivity index is 1.48.